The zero-order valence-corrected chi connectivity index (χ0v) is 11.8. The van der Waals surface area contributed by atoms with E-state index in [9.17, 15) is 8.78 Å². The fraction of sp³-hybridized carbons (Fsp3) is 0.600. The van der Waals surface area contributed by atoms with Gasteiger partial charge in [0.2, 0.25) is 0 Å². The number of hydrogen-bond donors (Lipinski definition) is 1. The first-order valence-corrected chi connectivity index (χ1v) is 7.10. The number of likely N-dealkylation sites (N-methyl/N-ethyl adjacent to an activating group) is 1. The molecule has 1 aliphatic rings. The van der Waals surface area contributed by atoms with Crippen molar-refractivity contribution in [2.75, 3.05) is 20.1 Å². The van der Waals surface area contributed by atoms with Crippen LogP contribution in [0.2, 0.25) is 0 Å². The van der Waals surface area contributed by atoms with E-state index in [2.05, 4.69) is 15.0 Å². The molecule has 20 heavy (non-hydrogen) atoms. The monoisotopic (exact) mass is 284 g/mol. The van der Waals surface area contributed by atoms with Crippen LogP contribution >= 0.6 is 0 Å². The van der Waals surface area contributed by atoms with E-state index in [1.54, 1.807) is 12.1 Å². The number of piperidine rings is 1. The third-order valence-corrected chi connectivity index (χ3v) is 3.57. The van der Waals surface area contributed by atoms with E-state index in [0.717, 1.165) is 18.7 Å². The summed E-state index contributed by atoms with van der Waals surface area (Å²) in [5, 5.41) is 3.49. The van der Waals surface area contributed by atoms with Crippen molar-refractivity contribution >= 4 is 0 Å². The van der Waals surface area contributed by atoms with Gasteiger partial charge >= 0.3 is 6.61 Å². The highest BCUT2D eigenvalue weighted by Gasteiger charge is 2.16. The molecule has 0 spiro atoms. The molecule has 1 fully saturated rings. The molecule has 1 unspecified atom stereocenters. The maximum atomic E-state index is 12.4. The summed E-state index contributed by atoms with van der Waals surface area (Å²) in [7, 11) is 2.01. The molecule has 0 radical (unpaired) electrons. The first-order chi connectivity index (χ1) is 9.65. The van der Waals surface area contributed by atoms with Gasteiger partial charge in [-0.15, -0.1) is 0 Å². The standard InChI is InChI=1S/C15H22F2N2O/c1-19(11-13-7-4-5-9-18-13)10-12-6-2-3-8-14(12)20-15(16)17/h2-3,6,8,13,15,18H,4-5,7,9-11H2,1H3. The summed E-state index contributed by atoms with van der Waals surface area (Å²) in [5.41, 5.74) is 0.797. The molecule has 1 aromatic carbocycles. The molecule has 3 nitrogen and oxygen atoms in total. The van der Waals surface area contributed by atoms with Crippen LogP contribution < -0.4 is 10.1 Å². The first kappa shape index (κ1) is 15.2. The highest BCUT2D eigenvalue weighted by atomic mass is 19.3. The number of rotatable bonds is 6. The maximum Gasteiger partial charge on any atom is 0.387 e. The molecular formula is C15H22F2N2O. The van der Waals surface area contributed by atoms with Gasteiger partial charge in [0.15, 0.2) is 0 Å². The number of alkyl halides is 2. The second-order valence-electron chi connectivity index (χ2n) is 5.33. The van der Waals surface area contributed by atoms with Crippen molar-refractivity contribution in [3.8, 4) is 5.75 Å². The quantitative estimate of drug-likeness (QED) is 0.869. The SMILES string of the molecule is CN(Cc1ccccc1OC(F)F)CC1CCCCN1. The number of nitrogens with zero attached hydrogens (tertiary/aromatic N) is 1. The molecule has 0 amide bonds. The first-order valence-electron chi connectivity index (χ1n) is 7.10. The van der Waals surface area contributed by atoms with Gasteiger partial charge in [-0.3, -0.25) is 0 Å². The van der Waals surface area contributed by atoms with Crippen molar-refractivity contribution in [1.82, 2.24) is 10.2 Å². The Hall–Kier alpha value is -1.20. The molecular weight excluding hydrogens is 262 g/mol. The summed E-state index contributed by atoms with van der Waals surface area (Å²) >= 11 is 0. The molecule has 0 aliphatic carbocycles. The molecule has 112 valence electrons. The summed E-state index contributed by atoms with van der Waals surface area (Å²) < 4.78 is 29.3. The van der Waals surface area contributed by atoms with Gasteiger partial charge < -0.3 is 15.0 Å². The highest BCUT2D eigenvalue weighted by molar-refractivity contribution is 5.33. The molecule has 1 aliphatic heterocycles. The van der Waals surface area contributed by atoms with Crippen molar-refractivity contribution in [2.45, 2.75) is 38.5 Å². The maximum absolute atomic E-state index is 12.4. The lowest BCUT2D eigenvalue weighted by Gasteiger charge is -2.28. The van der Waals surface area contributed by atoms with Crippen molar-refractivity contribution in [1.29, 1.82) is 0 Å². The highest BCUT2D eigenvalue weighted by Crippen LogP contribution is 2.21. The number of benzene rings is 1. The van der Waals surface area contributed by atoms with E-state index in [4.69, 9.17) is 0 Å². The number of nitrogens with one attached hydrogen (secondary N) is 1. The molecule has 1 atom stereocenters. The van der Waals surface area contributed by atoms with Crippen LogP contribution in [0.3, 0.4) is 0 Å². The van der Waals surface area contributed by atoms with Crippen molar-refractivity contribution < 1.29 is 13.5 Å². The predicted molar refractivity (Wildman–Crippen MR) is 75.0 cm³/mol. The third kappa shape index (κ3) is 4.72. The van der Waals surface area contributed by atoms with E-state index in [-0.39, 0.29) is 5.75 Å². The van der Waals surface area contributed by atoms with E-state index in [0.29, 0.717) is 12.6 Å². The van der Waals surface area contributed by atoms with Crippen LogP contribution in [0.25, 0.3) is 0 Å². The molecule has 0 aromatic heterocycles. The van der Waals surface area contributed by atoms with E-state index >= 15 is 0 Å². The molecule has 5 heteroatoms. The second-order valence-corrected chi connectivity index (χ2v) is 5.33. The average molecular weight is 284 g/mol. The Morgan fingerprint density at radius 1 is 1.35 bits per heavy atom. The van der Waals surface area contributed by atoms with Crippen molar-refractivity contribution in [2.24, 2.45) is 0 Å². The Labute approximate surface area is 118 Å². The average Bonchev–Trinajstić information content (AvgIpc) is 2.41. The Morgan fingerprint density at radius 2 is 2.15 bits per heavy atom. The number of hydrogen-bond acceptors (Lipinski definition) is 3. The predicted octanol–water partition coefficient (Wildman–Crippen LogP) is 2.86. The Kier molecular flexibility index (Phi) is 5.73. The van der Waals surface area contributed by atoms with Gasteiger partial charge in [0.1, 0.15) is 5.75 Å². The lowest BCUT2D eigenvalue weighted by Crippen LogP contribution is -2.42. The van der Waals surface area contributed by atoms with Gasteiger partial charge in [-0.1, -0.05) is 24.6 Å². The van der Waals surface area contributed by atoms with Crippen LogP contribution in [-0.4, -0.2) is 37.7 Å². The molecule has 1 aromatic rings. The lowest BCUT2D eigenvalue weighted by molar-refractivity contribution is -0.0507. The zero-order valence-electron chi connectivity index (χ0n) is 11.8. The van der Waals surface area contributed by atoms with Gasteiger partial charge in [-0.25, -0.2) is 0 Å². The second kappa shape index (κ2) is 7.55. The number of ether oxygens (including phenoxy) is 1. The largest absolute Gasteiger partial charge is 0.434 e. The Balaban J connectivity index is 1.91. The van der Waals surface area contributed by atoms with E-state index in [1.807, 2.05) is 19.2 Å². The minimum Gasteiger partial charge on any atom is -0.434 e. The lowest BCUT2D eigenvalue weighted by atomic mass is 10.0. The molecule has 1 N–H and O–H groups in total. The summed E-state index contributed by atoms with van der Waals surface area (Å²) in [6.45, 7) is -0.172. The topological polar surface area (TPSA) is 24.5 Å². The van der Waals surface area contributed by atoms with Crippen LogP contribution in [0.15, 0.2) is 24.3 Å². The van der Waals surface area contributed by atoms with Gasteiger partial charge in [-0.05, 0) is 32.5 Å². The number of halogens is 2. The van der Waals surface area contributed by atoms with Gasteiger partial charge in [0, 0.05) is 24.7 Å². The third-order valence-electron chi connectivity index (χ3n) is 3.57. The Bertz CT molecular complexity index is 409. The van der Waals surface area contributed by atoms with Crippen LogP contribution in [0.4, 0.5) is 8.78 Å². The van der Waals surface area contributed by atoms with Crippen LogP contribution in [0, 0.1) is 0 Å². The summed E-state index contributed by atoms with van der Waals surface area (Å²) in [5.74, 6) is 0.269. The zero-order chi connectivity index (χ0) is 14.4. The van der Waals surface area contributed by atoms with E-state index < -0.39 is 6.61 Å². The summed E-state index contributed by atoms with van der Waals surface area (Å²) in [6, 6.07) is 7.48. The van der Waals surface area contributed by atoms with Crippen molar-refractivity contribution in [3.05, 3.63) is 29.8 Å². The van der Waals surface area contributed by atoms with Gasteiger partial charge in [-0.2, -0.15) is 8.78 Å². The fourth-order valence-corrected chi connectivity index (χ4v) is 2.66. The molecule has 0 bridgehead atoms. The molecule has 0 saturated carbocycles. The number of para-hydroxylation sites is 1. The smallest absolute Gasteiger partial charge is 0.387 e. The molecule has 1 saturated heterocycles. The van der Waals surface area contributed by atoms with Crippen LogP contribution in [0.1, 0.15) is 24.8 Å². The normalized spacial score (nSPS) is 19.6. The molecule has 2 rings (SSSR count). The van der Waals surface area contributed by atoms with Crippen LogP contribution in [0.5, 0.6) is 5.75 Å². The fourth-order valence-electron chi connectivity index (χ4n) is 2.66. The molecule has 1 heterocycles. The van der Waals surface area contributed by atoms with Gasteiger partial charge in [0.25, 0.3) is 0 Å². The van der Waals surface area contributed by atoms with Crippen LogP contribution in [-0.2, 0) is 6.54 Å². The summed E-state index contributed by atoms with van der Waals surface area (Å²) in [4.78, 5) is 2.15. The van der Waals surface area contributed by atoms with Gasteiger partial charge in [0.05, 0.1) is 0 Å². The van der Waals surface area contributed by atoms with E-state index in [1.165, 1.54) is 19.3 Å². The Morgan fingerprint density at radius 3 is 2.85 bits per heavy atom. The minimum absolute atomic E-state index is 0.269. The minimum atomic E-state index is -2.78. The van der Waals surface area contributed by atoms with Crippen molar-refractivity contribution in [3.63, 3.8) is 0 Å². The summed E-state index contributed by atoms with van der Waals surface area (Å²) in [6.07, 6.45) is 3.68.